The second kappa shape index (κ2) is 7.77. The number of carbonyl (C=O) groups excluding carboxylic acids is 2. The number of hydrogen-bond acceptors (Lipinski definition) is 2. The zero-order chi connectivity index (χ0) is 18.7. The predicted octanol–water partition coefficient (Wildman–Crippen LogP) is 2.56. The molecule has 5 heteroatoms. The summed E-state index contributed by atoms with van der Waals surface area (Å²) < 4.78 is 1.95. The van der Waals surface area contributed by atoms with Gasteiger partial charge in [0.05, 0.1) is 6.42 Å². The Kier molecular flexibility index (Phi) is 5.45. The molecule has 0 aliphatic carbocycles. The van der Waals surface area contributed by atoms with Crippen molar-refractivity contribution in [2.75, 3.05) is 26.2 Å². The topological polar surface area (TPSA) is 45.6 Å². The van der Waals surface area contributed by atoms with Crippen LogP contribution < -0.4 is 0 Å². The van der Waals surface area contributed by atoms with E-state index < -0.39 is 0 Å². The smallest absolute Gasteiger partial charge is 0.254 e. The van der Waals surface area contributed by atoms with Crippen molar-refractivity contribution in [3.05, 3.63) is 58.9 Å². The van der Waals surface area contributed by atoms with Gasteiger partial charge in [-0.25, -0.2) is 0 Å². The van der Waals surface area contributed by atoms with Crippen molar-refractivity contribution < 1.29 is 9.59 Å². The van der Waals surface area contributed by atoms with E-state index in [9.17, 15) is 9.59 Å². The third kappa shape index (κ3) is 4.15. The standard InChI is InChI=1S/C21H27N3O2/c1-16-5-6-19(17(2)13-16)21(26)24-9-4-8-23(11-12-24)20(25)14-18-7-10-22(3)15-18/h5-7,10,13,15H,4,8-9,11-12,14H2,1-3H3. The van der Waals surface area contributed by atoms with Gasteiger partial charge >= 0.3 is 0 Å². The van der Waals surface area contributed by atoms with Gasteiger partial charge in [-0.05, 0) is 43.5 Å². The van der Waals surface area contributed by atoms with E-state index >= 15 is 0 Å². The van der Waals surface area contributed by atoms with Gasteiger partial charge in [0.25, 0.3) is 5.91 Å². The lowest BCUT2D eigenvalue weighted by Gasteiger charge is -2.23. The van der Waals surface area contributed by atoms with Crippen LogP contribution in [0.1, 0.15) is 33.5 Å². The van der Waals surface area contributed by atoms with E-state index in [4.69, 9.17) is 0 Å². The van der Waals surface area contributed by atoms with E-state index in [-0.39, 0.29) is 11.8 Å². The number of aromatic nitrogens is 1. The number of amides is 2. The Morgan fingerprint density at radius 1 is 1.00 bits per heavy atom. The van der Waals surface area contributed by atoms with Crippen LogP contribution in [0.4, 0.5) is 0 Å². The second-order valence-electron chi connectivity index (χ2n) is 7.21. The highest BCUT2D eigenvalue weighted by molar-refractivity contribution is 5.95. The normalized spacial score (nSPS) is 15.0. The number of rotatable bonds is 3. The van der Waals surface area contributed by atoms with Crippen LogP contribution >= 0.6 is 0 Å². The Morgan fingerprint density at radius 3 is 2.42 bits per heavy atom. The summed E-state index contributed by atoms with van der Waals surface area (Å²) in [5.74, 6) is 0.205. The first kappa shape index (κ1) is 18.2. The molecule has 2 amide bonds. The summed E-state index contributed by atoms with van der Waals surface area (Å²) in [7, 11) is 1.95. The number of nitrogens with zero attached hydrogens (tertiary/aromatic N) is 3. The molecule has 0 saturated carbocycles. The zero-order valence-corrected chi connectivity index (χ0v) is 15.9. The highest BCUT2D eigenvalue weighted by Gasteiger charge is 2.23. The highest BCUT2D eigenvalue weighted by Crippen LogP contribution is 2.15. The average molecular weight is 353 g/mol. The number of hydrogen-bond donors (Lipinski definition) is 0. The third-order valence-electron chi connectivity index (χ3n) is 5.00. The molecule has 1 fully saturated rings. The summed E-state index contributed by atoms with van der Waals surface area (Å²) in [6, 6.07) is 7.91. The van der Waals surface area contributed by atoms with Gasteiger partial charge in [-0.3, -0.25) is 9.59 Å². The minimum Gasteiger partial charge on any atom is -0.357 e. The number of benzene rings is 1. The number of aryl methyl sites for hydroxylation is 3. The lowest BCUT2D eigenvalue weighted by molar-refractivity contribution is -0.130. The molecule has 2 aromatic rings. The fourth-order valence-corrected chi connectivity index (χ4v) is 3.55. The summed E-state index contributed by atoms with van der Waals surface area (Å²) in [6.45, 7) is 6.61. The average Bonchev–Trinajstić information content (AvgIpc) is 2.85. The van der Waals surface area contributed by atoms with E-state index in [2.05, 4.69) is 0 Å². The predicted molar refractivity (Wildman–Crippen MR) is 102 cm³/mol. The molecule has 5 nitrogen and oxygen atoms in total. The first-order valence-corrected chi connectivity index (χ1v) is 9.19. The molecule has 138 valence electrons. The van der Waals surface area contributed by atoms with Gasteiger partial charge in [-0.1, -0.05) is 17.7 Å². The van der Waals surface area contributed by atoms with Gasteiger partial charge in [0, 0.05) is 51.2 Å². The third-order valence-corrected chi connectivity index (χ3v) is 5.00. The molecule has 0 spiro atoms. The molecule has 0 radical (unpaired) electrons. The molecule has 1 saturated heterocycles. The van der Waals surface area contributed by atoms with Gasteiger partial charge < -0.3 is 14.4 Å². The van der Waals surface area contributed by atoms with Crippen molar-refractivity contribution in [1.82, 2.24) is 14.4 Å². The molecule has 26 heavy (non-hydrogen) atoms. The second-order valence-corrected chi connectivity index (χ2v) is 7.21. The molecule has 0 atom stereocenters. The van der Waals surface area contributed by atoms with Crippen LogP contribution in [0.25, 0.3) is 0 Å². The van der Waals surface area contributed by atoms with Gasteiger partial charge in [-0.2, -0.15) is 0 Å². The molecule has 3 rings (SSSR count). The molecule has 1 aliphatic rings. The van der Waals surface area contributed by atoms with Crippen LogP contribution in [-0.2, 0) is 18.3 Å². The fourth-order valence-electron chi connectivity index (χ4n) is 3.55. The lowest BCUT2D eigenvalue weighted by Crippen LogP contribution is -2.38. The first-order chi connectivity index (χ1) is 12.4. The van der Waals surface area contributed by atoms with Crippen LogP contribution in [0, 0.1) is 13.8 Å². The van der Waals surface area contributed by atoms with Crippen molar-refractivity contribution in [1.29, 1.82) is 0 Å². The summed E-state index contributed by atoms with van der Waals surface area (Å²) >= 11 is 0. The van der Waals surface area contributed by atoms with Crippen LogP contribution in [-0.4, -0.2) is 52.4 Å². The maximum absolute atomic E-state index is 12.9. The van der Waals surface area contributed by atoms with Crippen LogP contribution in [0.5, 0.6) is 0 Å². The van der Waals surface area contributed by atoms with E-state index in [1.807, 2.05) is 71.9 Å². The minimum absolute atomic E-state index is 0.0693. The molecule has 0 unspecified atom stereocenters. The van der Waals surface area contributed by atoms with Gasteiger partial charge in [0.1, 0.15) is 0 Å². The van der Waals surface area contributed by atoms with Crippen molar-refractivity contribution >= 4 is 11.8 Å². The minimum atomic E-state index is 0.0693. The van der Waals surface area contributed by atoms with Gasteiger partial charge in [0.2, 0.25) is 5.91 Å². The molecule has 1 aliphatic heterocycles. The largest absolute Gasteiger partial charge is 0.357 e. The Balaban J connectivity index is 1.62. The molecule has 0 N–H and O–H groups in total. The Labute approximate surface area is 155 Å². The Bertz CT molecular complexity index is 809. The van der Waals surface area contributed by atoms with Crippen LogP contribution in [0.2, 0.25) is 0 Å². The summed E-state index contributed by atoms with van der Waals surface area (Å²) in [6.07, 6.45) is 5.17. The van der Waals surface area contributed by atoms with Gasteiger partial charge in [-0.15, -0.1) is 0 Å². The molecule has 2 heterocycles. The van der Waals surface area contributed by atoms with Crippen LogP contribution in [0.3, 0.4) is 0 Å². The first-order valence-electron chi connectivity index (χ1n) is 9.19. The fraction of sp³-hybridized carbons (Fsp3) is 0.429. The van der Waals surface area contributed by atoms with Crippen molar-refractivity contribution in [3.63, 3.8) is 0 Å². The molecule has 1 aromatic heterocycles. The van der Waals surface area contributed by atoms with E-state index in [0.29, 0.717) is 32.6 Å². The lowest BCUT2D eigenvalue weighted by atomic mass is 10.0. The maximum atomic E-state index is 12.9. The molecular formula is C21H27N3O2. The number of carbonyl (C=O) groups is 2. The van der Waals surface area contributed by atoms with E-state index in [1.165, 1.54) is 0 Å². The summed E-state index contributed by atoms with van der Waals surface area (Å²) in [5, 5.41) is 0. The Morgan fingerprint density at radius 2 is 1.73 bits per heavy atom. The molecular weight excluding hydrogens is 326 g/mol. The van der Waals surface area contributed by atoms with E-state index in [0.717, 1.165) is 28.7 Å². The summed E-state index contributed by atoms with van der Waals surface area (Å²) in [4.78, 5) is 29.2. The Hall–Kier alpha value is -2.56. The van der Waals surface area contributed by atoms with E-state index in [1.54, 1.807) is 0 Å². The van der Waals surface area contributed by atoms with Gasteiger partial charge in [0.15, 0.2) is 0 Å². The van der Waals surface area contributed by atoms with Crippen molar-refractivity contribution in [2.45, 2.75) is 26.7 Å². The maximum Gasteiger partial charge on any atom is 0.254 e. The summed E-state index contributed by atoms with van der Waals surface area (Å²) in [5.41, 5.74) is 3.97. The SMILES string of the molecule is Cc1ccc(C(=O)N2CCCN(C(=O)Cc3ccn(C)c3)CC2)c(C)c1. The monoisotopic (exact) mass is 353 g/mol. The molecule has 1 aromatic carbocycles. The van der Waals surface area contributed by atoms with Crippen molar-refractivity contribution in [2.24, 2.45) is 7.05 Å². The highest BCUT2D eigenvalue weighted by atomic mass is 16.2. The van der Waals surface area contributed by atoms with Crippen LogP contribution in [0.15, 0.2) is 36.7 Å². The molecule has 0 bridgehead atoms. The quantitative estimate of drug-likeness (QED) is 0.851. The van der Waals surface area contributed by atoms with Crippen molar-refractivity contribution in [3.8, 4) is 0 Å². The zero-order valence-electron chi connectivity index (χ0n) is 15.9.